The number of para-hydroxylation sites is 4. The van der Waals surface area contributed by atoms with E-state index >= 15 is 0 Å². The summed E-state index contributed by atoms with van der Waals surface area (Å²) in [4.78, 5) is 2.39. The number of nitrogens with zero attached hydrogens (tertiary/aromatic N) is 2. The summed E-state index contributed by atoms with van der Waals surface area (Å²) in [5.41, 5.74) is 20.1. The number of rotatable bonds is 9. The highest BCUT2D eigenvalue weighted by Crippen LogP contribution is 2.44. The zero-order valence-electron chi connectivity index (χ0n) is 37.7. The van der Waals surface area contributed by atoms with Crippen molar-refractivity contribution in [2.75, 3.05) is 4.90 Å². The molecule has 2 heterocycles. The van der Waals surface area contributed by atoms with Crippen molar-refractivity contribution in [2.24, 2.45) is 0 Å². The molecule has 11 aromatic carbocycles. The van der Waals surface area contributed by atoms with Crippen LogP contribution in [0.1, 0.15) is 0 Å². The van der Waals surface area contributed by atoms with Crippen LogP contribution in [0.2, 0.25) is 0 Å². The van der Waals surface area contributed by atoms with Gasteiger partial charge < -0.3 is 13.9 Å². The Morgan fingerprint density at radius 2 is 0.768 bits per heavy atom. The summed E-state index contributed by atoms with van der Waals surface area (Å²) in [7, 11) is 0. The second kappa shape index (κ2) is 16.9. The molecule has 0 spiro atoms. The molecule has 0 fully saturated rings. The van der Waals surface area contributed by atoms with Crippen LogP contribution in [0.4, 0.5) is 17.1 Å². The van der Waals surface area contributed by atoms with Crippen LogP contribution >= 0.6 is 0 Å². The molecule has 324 valence electrons. The lowest BCUT2D eigenvalue weighted by atomic mass is 9.97. The van der Waals surface area contributed by atoms with Gasteiger partial charge in [-0.2, -0.15) is 0 Å². The van der Waals surface area contributed by atoms with Gasteiger partial charge in [0.15, 0.2) is 0 Å². The highest BCUT2D eigenvalue weighted by molar-refractivity contribution is 6.09. The highest BCUT2D eigenvalue weighted by atomic mass is 16.3. The van der Waals surface area contributed by atoms with Gasteiger partial charge in [0.1, 0.15) is 11.2 Å². The van der Waals surface area contributed by atoms with Crippen LogP contribution in [0.15, 0.2) is 271 Å². The molecule has 0 saturated heterocycles. The minimum Gasteiger partial charge on any atom is -0.456 e. The van der Waals surface area contributed by atoms with Crippen LogP contribution in [0.5, 0.6) is 0 Å². The maximum absolute atomic E-state index is 6.42. The van der Waals surface area contributed by atoms with Crippen LogP contribution in [-0.2, 0) is 0 Å². The quantitative estimate of drug-likeness (QED) is 0.144. The van der Waals surface area contributed by atoms with E-state index in [1.165, 1.54) is 44.1 Å². The lowest BCUT2D eigenvalue weighted by Gasteiger charge is -2.28. The first-order valence-corrected chi connectivity index (χ1v) is 23.6. The number of benzene rings is 11. The van der Waals surface area contributed by atoms with Crippen molar-refractivity contribution in [1.82, 2.24) is 4.57 Å². The summed E-state index contributed by atoms with van der Waals surface area (Å²) in [5.74, 6) is 0. The van der Waals surface area contributed by atoms with Gasteiger partial charge in [0.25, 0.3) is 0 Å². The normalized spacial score (nSPS) is 11.5. The number of hydrogen-bond acceptors (Lipinski definition) is 2. The molecule has 0 saturated carbocycles. The lowest BCUT2D eigenvalue weighted by Crippen LogP contribution is -2.11. The van der Waals surface area contributed by atoms with Crippen molar-refractivity contribution in [1.29, 1.82) is 0 Å². The molecule has 0 radical (unpaired) electrons. The Morgan fingerprint density at radius 1 is 0.275 bits per heavy atom. The summed E-state index contributed by atoms with van der Waals surface area (Å²) >= 11 is 0. The number of hydrogen-bond donors (Lipinski definition) is 0. The van der Waals surface area contributed by atoms with Gasteiger partial charge in [0, 0.05) is 44.2 Å². The SMILES string of the molecule is c1ccc(-c2cccc(-c3cccc(N(c4ccc(-c5cccc(-c6cccc(-n7c8ccccc8c8ccccc87)c6)c5)cc4)c4ccccc4-c4ccc5c(c4)oc4ccccc45)c3)c2)cc1. The number of furan rings is 1. The third-order valence-electron chi connectivity index (χ3n) is 13.6. The average molecular weight is 881 g/mol. The van der Waals surface area contributed by atoms with E-state index in [1.54, 1.807) is 0 Å². The Labute approximate surface area is 401 Å². The maximum Gasteiger partial charge on any atom is 0.136 e. The second-order valence-corrected chi connectivity index (χ2v) is 17.7. The summed E-state index contributed by atoms with van der Waals surface area (Å²) in [5, 5.41) is 4.76. The van der Waals surface area contributed by atoms with Crippen molar-refractivity contribution in [2.45, 2.75) is 0 Å². The summed E-state index contributed by atoms with van der Waals surface area (Å²) in [6.45, 7) is 0. The zero-order valence-corrected chi connectivity index (χ0v) is 37.7. The Kier molecular flexibility index (Phi) is 9.84. The number of fused-ring (bicyclic) bond motifs is 6. The summed E-state index contributed by atoms with van der Waals surface area (Å²) < 4.78 is 8.81. The third kappa shape index (κ3) is 7.25. The molecular formula is C66H44N2O. The molecule has 0 bridgehead atoms. The summed E-state index contributed by atoms with van der Waals surface area (Å²) in [6, 6.07) is 96.1. The van der Waals surface area contributed by atoms with Crippen LogP contribution in [0.3, 0.4) is 0 Å². The topological polar surface area (TPSA) is 21.3 Å². The molecule has 0 unspecified atom stereocenters. The molecule has 3 nitrogen and oxygen atoms in total. The smallest absolute Gasteiger partial charge is 0.136 e. The van der Waals surface area contributed by atoms with E-state index in [1.807, 2.05) is 12.1 Å². The van der Waals surface area contributed by atoms with E-state index < -0.39 is 0 Å². The molecule has 0 amide bonds. The summed E-state index contributed by atoms with van der Waals surface area (Å²) in [6.07, 6.45) is 0. The minimum absolute atomic E-state index is 0.875. The molecule has 0 aliphatic carbocycles. The molecule has 69 heavy (non-hydrogen) atoms. The van der Waals surface area contributed by atoms with Gasteiger partial charge in [-0.25, -0.2) is 0 Å². The molecule has 3 heteroatoms. The predicted octanol–water partition coefficient (Wildman–Crippen LogP) is 18.5. The Bertz CT molecular complexity index is 3970. The van der Waals surface area contributed by atoms with Crippen LogP contribution < -0.4 is 4.90 Å². The van der Waals surface area contributed by atoms with Gasteiger partial charge >= 0.3 is 0 Å². The molecule has 2 aromatic heterocycles. The molecule has 0 atom stereocenters. The monoisotopic (exact) mass is 880 g/mol. The molecule has 0 aliphatic rings. The molecular weight excluding hydrogens is 837 g/mol. The van der Waals surface area contributed by atoms with Gasteiger partial charge in [-0.3, -0.25) is 0 Å². The fourth-order valence-corrected chi connectivity index (χ4v) is 10.3. The first-order chi connectivity index (χ1) is 34.2. The van der Waals surface area contributed by atoms with Gasteiger partial charge in [0.05, 0.1) is 16.7 Å². The van der Waals surface area contributed by atoms with Crippen molar-refractivity contribution in [3.63, 3.8) is 0 Å². The van der Waals surface area contributed by atoms with E-state index in [9.17, 15) is 0 Å². The van der Waals surface area contributed by atoms with Crippen LogP contribution in [0.25, 0.3) is 105 Å². The molecule has 0 N–H and O–H groups in total. The van der Waals surface area contributed by atoms with Crippen molar-refractivity contribution in [3.05, 3.63) is 267 Å². The fourth-order valence-electron chi connectivity index (χ4n) is 10.3. The highest BCUT2D eigenvalue weighted by Gasteiger charge is 2.20. The van der Waals surface area contributed by atoms with Gasteiger partial charge in [-0.05, 0) is 135 Å². The van der Waals surface area contributed by atoms with Crippen molar-refractivity contribution < 1.29 is 4.42 Å². The molecule has 0 aliphatic heterocycles. The first kappa shape index (κ1) is 40.1. The average Bonchev–Trinajstić information content (AvgIpc) is 3.97. The molecule has 13 rings (SSSR count). The van der Waals surface area contributed by atoms with Crippen LogP contribution in [0, 0.1) is 0 Å². The van der Waals surface area contributed by atoms with E-state index in [4.69, 9.17) is 4.42 Å². The lowest BCUT2D eigenvalue weighted by molar-refractivity contribution is 0.669. The van der Waals surface area contributed by atoms with Crippen molar-refractivity contribution in [3.8, 4) is 61.3 Å². The predicted molar refractivity (Wildman–Crippen MR) is 290 cm³/mol. The van der Waals surface area contributed by atoms with Gasteiger partial charge in [-0.15, -0.1) is 0 Å². The zero-order chi connectivity index (χ0) is 45.7. The Balaban J connectivity index is 0.894. The van der Waals surface area contributed by atoms with E-state index in [0.717, 1.165) is 78.1 Å². The third-order valence-corrected chi connectivity index (χ3v) is 13.6. The molecule has 13 aromatic rings. The standard InChI is InChI=1S/C66H44N2O/c1-2-16-45(17-3-1)47-18-12-20-49(40-47)51-22-14-24-55(42-51)67(62-30-8-4-26-57(62)53-36-39-61-60-29-7-11-33-65(60)69-66(61)44-53)54-37-34-46(35-38-54)48-19-13-21-50(41-48)52-23-15-25-56(43-52)68-63-31-9-5-27-58(63)59-28-6-10-32-64(59)68/h1-44H. The second-order valence-electron chi connectivity index (χ2n) is 17.7. The fraction of sp³-hybridized carbons (Fsp3) is 0. The Morgan fingerprint density at radius 3 is 1.48 bits per heavy atom. The number of anilines is 3. The van der Waals surface area contributed by atoms with Crippen molar-refractivity contribution >= 4 is 60.8 Å². The van der Waals surface area contributed by atoms with E-state index in [0.29, 0.717) is 0 Å². The first-order valence-electron chi connectivity index (χ1n) is 23.6. The Hall–Kier alpha value is -9.18. The van der Waals surface area contributed by atoms with E-state index in [2.05, 4.69) is 264 Å². The van der Waals surface area contributed by atoms with Gasteiger partial charge in [-0.1, -0.05) is 182 Å². The minimum atomic E-state index is 0.875. The van der Waals surface area contributed by atoms with Gasteiger partial charge in [0.2, 0.25) is 0 Å². The number of aromatic nitrogens is 1. The maximum atomic E-state index is 6.42. The van der Waals surface area contributed by atoms with E-state index in [-0.39, 0.29) is 0 Å². The largest absolute Gasteiger partial charge is 0.456 e. The van der Waals surface area contributed by atoms with Crippen LogP contribution in [-0.4, -0.2) is 4.57 Å².